The molecule has 2 aromatic carbocycles. The number of hydrogen-bond acceptors (Lipinski definition) is 4. The summed E-state index contributed by atoms with van der Waals surface area (Å²) in [4.78, 5) is 23.7. The second kappa shape index (κ2) is 9.03. The van der Waals surface area contributed by atoms with Crippen LogP contribution in [0.5, 0.6) is 0 Å². The standard InChI is InChI=1S/C24H25FN4O/c1-17-5-2-6-18(11-17)13-26-23(30)20-8-4-10-29(16-20)24-27-14-21(15-28-24)19-7-3-9-22(25)12-19/h2-3,5-7,9,11-12,14-15,20H,4,8,10,13,16H2,1H3,(H,26,30)/t20-/m0/s1. The lowest BCUT2D eigenvalue weighted by atomic mass is 9.97. The molecule has 1 saturated heterocycles. The van der Waals surface area contributed by atoms with Gasteiger partial charge in [-0.25, -0.2) is 14.4 Å². The van der Waals surface area contributed by atoms with Crippen LogP contribution in [0.2, 0.25) is 0 Å². The molecule has 0 aliphatic carbocycles. The van der Waals surface area contributed by atoms with Crippen molar-refractivity contribution in [2.24, 2.45) is 5.92 Å². The third kappa shape index (κ3) is 4.82. The van der Waals surface area contributed by atoms with Crippen molar-refractivity contribution in [3.8, 4) is 11.1 Å². The number of piperidine rings is 1. The zero-order valence-electron chi connectivity index (χ0n) is 17.0. The Morgan fingerprint density at radius 1 is 1.13 bits per heavy atom. The van der Waals surface area contributed by atoms with Gasteiger partial charge in [0.2, 0.25) is 11.9 Å². The molecule has 30 heavy (non-hydrogen) atoms. The number of nitrogens with one attached hydrogen (secondary N) is 1. The van der Waals surface area contributed by atoms with Crippen LogP contribution >= 0.6 is 0 Å². The van der Waals surface area contributed by atoms with Crippen LogP contribution in [0.25, 0.3) is 11.1 Å². The Balaban J connectivity index is 1.38. The Kier molecular flexibility index (Phi) is 6.02. The zero-order chi connectivity index (χ0) is 20.9. The maximum absolute atomic E-state index is 13.4. The molecule has 0 unspecified atom stereocenters. The van der Waals surface area contributed by atoms with Crippen molar-refractivity contribution in [1.29, 1.82) is 0 Å². The quantitative estimate of drug-likeness (QED) is 0.695. The summed E-state index contributed by atoms with van der Waals surface area (Å²) < 4.78 is 13.4. The SMILES string of the molecule is Cc1cccc(CNC(=O)[C@H]2CCCN(c3ncc(-c4cccc(F)c4)cn3)C2)c1. The van der Waals surface area contributed by atoms with E-state index >= 15 is 0 Å². The third-order valence-electron chi connectivity index (χ3n) is 5.42. The van der Waals surface area contributed by atoms with Crippen molar-refractivity contribution in [2.45, 2.75) is 26.3 Å². The molecule has 0 radical (unpaired) electrons. The van der Waals surface area contributed by atoms with Crippen molar-refractivity contribution < 1.29 is 9.18 Å². The highest BCUT2D eigenvalue weighted by Crippen LogP contribution is 2.23. The molecule has 0 bridgehead atoms. The fraction of sp³-hybridized carbons (Fsp3) is 0.292. The number of aromatic nitrogens is 2. The Bertz CT molecular complexity index is 1020. The molecule has 1 aromatic heterocycles. The largest absolute Gasteiger partial charge is 0.352 e. The van der Waals surface area contributed by atoms with Crippen molar-refractivity contribution in [1.82, 2.24) is 15.3 Å². The molecule has 0 spiro atoms. The first-order valence-corrected chi connectivity index (χ1v) is 10.2. The Morgan fingerprint density at radius 2 is 1.93 bits per heavy atom. The number of hydrogen-bond donors (Lipinski definition) is 1. The molecular formula is C24H25FN4O. The summed E-state index contributed by atoms with van der Waals surface area (Å²) in [6.45, 7) is 4.00. The van der Waals surface area contributed by atoms with Crippen LogP contribution in [0.4, 0.5) is 10.3 Å². The van der Waals surface area contributed by atoms with E-state index in [1.165, 1.54) is 17.7 Å². The zero-order valence-corrected chi connectivity index (χ0v) is 17.0. The molecule has 1 aliphatic heterocycles. The number of aryl methyl sites for hydroxylation is 1. The van der Waals surface area contributed by atoms with E-state index in [9.17, 15) is 9.18 Å². The fourth-order valence-electron chi connectivity index (χ4n) is 3.83. The topological polar surface area (TPSA) is 58.1 Å². The summed E-state index contributed by atoms with van der Waals surface area (Å²) in [5.41, 5.74) is 3.80. The van der Waals surface area contributed by atoms with Gasteiger partial charge >= 0.3 is 0 Å². The minimum atomic E-state index is -0.285. The molecule has 2 heterocycles. The van der Waals surface area contributed by atoms with Crippen molar-refractivity contribution in [3.05, 3.63) is 77.9 Å². The Morgan fingerprint density at radius 3 is 2.70 bits per heavy atom. The highest BCUT2D eigenvalue weighted by atomic mass is 19.1. The van der Waals surface area contributed by atoms with Gasteiger partial charge in [-0.2, -0.15) is 0 Å². The van der Waals surface area contributed by atoms with E-state index < -0.39 is 0 Å². The predicted molar refractivity (Wildman–Crippen MR) is 115 cm³/mol. The smallest absolute Gasteiger partial charge is 0.225 e. The van der Waals surface area contributed by atoms with E-state index in [4.69, 9.17) is 0 Å². The molecule has 1 amide bonds. The molecule has 154 valence electrons. The summed E-state index contributed by atoms with van der Waals surface area (Å²) >= 11 is 0. The van der Waals surface area contributed by atoms with E-state index in [0.717, 1.165) is 36.1 Å². The lowest BCUT2D eigenvalue weighted by molar-refractivity contribution is -0.125. The molecule has 1 atom stereocenters. The van der Waals surface area contributed by atoms with Gasteiger partial charge in [0.05, 0.1) is 5.92 Å². The number of carbonyl (C=O) groups excluding carboxylic acids is 1. The predicted octanol–water partition coefficient (Wildman–Crippen LogP) is 4.12. The van der Waals surface area contributed by atoms with Crippen LogP contribution in [0.1, 0.15) is 24.0 Å². The molecular weight excluding hydrogens is 379 g/mol. The van der Waals surface area contributed by atoms with Crippen LogP contribution in [0.3, 0.4) is 0 Å². The van der Waals surface area contributed by atoms with Gasteiger partial charge < -0.3 is 10.2 Å². The van der Waals surface area contributed by atoms with Gasteiger partial charge in [0, 0.05) is 37.6 Å². The summed E-state index contributed by atoms with van der Waals surface area (Å²) in [5.74, 6) is 0.297. The molecule has 5 nitrogen and oxygen atoms in total. The van der Waals surface area contributed by atoms with E-state index in [1.807, 2.05) is 31.2 Å². The van der Waals surface area contributed by atoms with Gasteiger partial charge in [0.1, 0.15) is 5.82 Å². The number of benzene rings is 2. The molecule has 3 aromatic rings. The van der Waals surface area contributed by atoms with Gasteiger partial charge in [-0.3, -0.25) is 4.79 Å². The fourth-order valence-corrected chi connectivity index (χ4v) is 3.83. The number of amides is 1. The van der Waals surface area contributed by atoms with Crippen molar-refractivity contribution in [3.63, 3.8) is 0 Å². The number of anilines is 1. The van der Waals surface area contributed by atoms with Gasteiger partial charge in [-0.15, -0.1) is 0 Å². The van der Waals surface area contributed by atoms with E-state index in [0.29, 0.717) is 19.0 Å². The second-order valence-electron chi connectivity index (χ2n) is 7.77. The number of nitrogens with zero attached hydrogens (tertiary/aromatic N) is 3. The average Bonchev–Trinajstić information content (AvgIpc) is 2.78. The van der Waals surface area contributed by atoms with Gasteiger partial charge in [-0.05, 0) is 43.0 Å². The Hall–Kier alpha value is -3.28. The molecule has 1 N–H and O–H groups in total. The lowest BCUT2D eigenvalue weighted by Crippen LogP contribution is -2.43. The van der Waals surface area contributed by atoms with Crippen molar-refractivity contribution >= 4 is 11.9 Å². The Labute approximate surface area is 176 Å². The summed E-state index contributed by atoms with van der Waals surface area (Å²) in [5, 5.41) is 3.06. The van der Waals surface area contributed by atoms with Crippen LogP contribution < -0.4 is 10.2 Å². The minimum Gasteiger partial charge on any atom is -0.352 e. The summed E-state index contributed by atoms with van der Waals surface area (Å²) in [6.07, 6.45) is 5.19. The summed E-state index contributed by atoms with van der Waals surface area (Å²) in [7, 11) is 0. The first-order chi connectivity index (χ1) is 14.6. The second-order valence-corrected chi connectivity index (χ2v) is 7.77. The minimum absolute atomic E-state index is 0.0672. The van der Waals surface area contributed by atoms with E-state index in [1.54, 1.807) is 18.5 Å². The van der Waals surface area contributed by atoms with Crippen LogP contribution in [-0.4, -0.2) is 29.0 Å². The normalized spacial score (nSPS) is 16.3. The highest BCUT2D eigenvalue weighted by molar-refractivity contribution is 5.79. The van der Waals surface area contributed by atoms with Gasteiger partial charge in [-0.1, -0.05) is 42.0 Å². The van der Waals surface area contributed by atoms with Crippen LogP contribution in [-0.2, 0) is 11.3 Å². The number of carbonyl (C=O) groups is 1. The van der Waals surface area contributed by atoms with E-state index in [2.05, 4.69) is 26.3 Å². The lowest BCUT2D eigenvalue weighted by Gasteiger charge is -2.32. The monoisotopic (exact) mass is 404 g/mol. The molecule has 0 saturated carbocycles. The molecule has 4 rings (SSSR count). The average molecular weight is 404 g/mol. The highest BCUT2D eigenvalue weighted by Gasteiger charge is 2.27. The first-order valence-electron chi connectivity index (χ1n) is 10.2. The van der Waals surface area contributed by atoms with Crippen molar-refractivity contribution in [2.75, 3.05) is 18.0 Å². The molecule has 1 fully saturated rings. The maximum atomic E-state index is 13.4. The van der Waals surface area contributed by atoms with Gasteiger partial charge in [0.25, 0.3) is 0 Å². The van der Waals surface area contributed by atoms with E-state index in [-0.39, 0.29) is 17.6 Å². The third-order valence-corrected chi connectivity index (χ3v) is 5.42. The molecule has 1 aliphatic rings. The molecule has 6 heteroatoms. The maximum Gasteiger partial charge on any atom is 0.225 e. The number of rotatable bonds is 5. The van der Waals surface area contributed by atoms with Gasteiger partial charge in [0.15, 0.2) is 0 Å². The van der Waals surface area contributed by atoms with Crippen LogP contribution in [0.15, 0.2) is 60.9 Å². The first kappa shape index (κ1) is 20.0. The van der Waals surface area contributed by atoms with Crippen LogP contribution in [0, 0.1) is 18.7 Å². The summed E-state index contributed by atoms with van der Waals surface area (Å²) in [6, 6.07) is 14.5. The number of halogens is 1.